The standard InChI is InChI=1S/C38H40N8O6/c1-51-35(49)43-37(15-16-37)33(47)45-19-3-5-29(45)31-39-22-28(42-31)25-12-9-23(10-13-25)7-8-24-11-14-26-27(21-24)41-32(40-26)30-6-4-20-46(30)34(48)38(17-18-38)44-36(50)52-2/h9-14,21-22,29-30H,3-6,15-20H2,1-2H3,(H,39,42)(H,40,41)(H,43,49)(H,44,50). The summed E-state index contributed by atoms with van der Waals surface area (Å²) in [5.41, 5.74) is 3.36. The molecule has 2 saturated carbocycles. The minimum atomic E-state index is -0.880. The zero-order chi connectivity index (χ0) is 36.0. The van der Waals surface area contributed by atoms with Gasteiger partial charge in [0.2, 0.25) is 11.8 Å². The van der Waals surface area contributed by atoms with Crippen LogP contribution in [-0.2, 0) is 19.1 Å². The predicted molar refractivity (Wildman–Crippen MR) is 188 cm³/mol. The summed E-state index contributed by atoms with van der Waals surface area (Å²) in [6, 6.07) is 13.4. The van der Waals surface area contributed by atoms with E-state index in [1.54, 1.807) is 6.20 Å². The van der Waals surface area contributed by atoms with Gasteiger partial charge in [-0.2, -0.15) is 0 Å². The van der Waals surface area contributed by atoms with Crippen molar-refractivity contribution in [3.63, 3.8) is 0 Å². The number of benzene rings is 2. The third kappa shape index (κ3) is 6.20. The predicted octanol–water partition coefficient (Wildman–Crippen LogP) is 4.46. The Labute approximate surface area is 300 Å². The number of hydrogen-bond acceptors (Lipinski definition) is 8. The number of fused-ring (bicyclic) bond motifs is 1. The number of nitrogens with one attached hydrogen (secondary N) is 4. The van der Waals surface area contributed by atoms with E-state index in [9.17, 15) is 19.2 Å². The number of alkyl carbamates (subject to hydrolysis) is 2. The van der Waals surface area contributed by atoms with Crippen molar-refractivity contribution < 1.29 is 28.7 Å². The second-order valence-corrected chi connectivity index (χ2v) is 14.1. The quantitative estimate of drug-likeness (QED) is 0.204. The number of rotatable bonds is 7. The van der Waals surface area contributed by atoms with Crippen molar-refractivity contribution in [3.8, 4) is 23.1 Å². The van der Waals surface area contributed by atoms with Crippen LogP contribution in [0, 0.1) is 11.8 Å². The molecule has 52 heavy (non-hydrogen) atoms. The summed E-state index contributed by atoms with van der Waals surface area (Å²) in [6.07, 6.45) is 6.31. The highest BCUT2D eigenvalue weighted by Crippen LogP contribution is 2.43. The zero-order valence-electron chi connectivity index (χ0n) is 29.1. The molecule has 4 aliphatic rings. The van der Waals surface area contributed by atoms with Crippen molar-refractivity contribution >= 4 is 35.0 Å². The lowest BCUT2D eigenvalue weighted by Gasteiger charge is -2.28. The molecular weight excluding hydrogens is 664 g/mol. The number of aromatic nitrogens is 4. The van der Waals surface area contributed by atoms with Crippen molar-refractivity contribution in [1.29, 1.82) is 0 Å². The largest absolute Gasteiger partial charge is 0.453 e. The van der Waals surface area contributed by atoms with E-state index < -0.39 is 23.3 Å². The van der Waals surface area contributed by atoms with Gasteiger partial charge in [-0.05, 0) is 87.3 Å². The van der Waals surface area contributed by atoms with Gasteiger partial charge in [0, 0.05) is 24.2 Å². The summed E-state index contributed by atoms with van der Waals surface area (Å²) in [7, 11) is 2.59. The molecule has 0 radical (unpaired) electrons. The van der Waals surface area contributed by atoms with Gasteiger partial charge in [0.05, 0.1) is 49.2 Å². The molecule has 2 aliphatic heterocycles. The van der Waals surface area contributed by atoms with Crippen LogP contribution in [0.5, 0.6) is 0 Å². The number of amides is 4. The number of ether oxygens (including phenoxy) is 2. The highest BCUT2D eigenvalue weighted by atomic mass is 16.5. The van der Waals surface area contributed by atoms with Gasteiger partial charge in [-0.25, -0.2) is 19.6 Å². The van der Waals surface area contributed by atoms with Crippen molar-refractivity contribution in [2.75, 3.05) is 27.3 Å². The fourth-order valence-electron chi connectivity index (χ4n) is 7.46. The average molecular weight is 705 g/mol. The van der Waals surface area contributed by atoms with Crippen LogP contribution in [0.15, 0.2) is 48.7 Å². The Morgan fingerprint density at radius 3 is 1.90 bits per heavy atom. The average Bonchev–Trinajstić information content (AvgIpc) is 3.72. The number of aromatic amines is 2. The molecule has 268 valence electrons. The van der Waals surface area contributed by atoms with Crippen LogP contribution in [0.2, 0.25) is 0 Å². The molecule has 2 aromatic heterocycles. The lowest BCUT2D eigenvalue weighted by molar-refractivity contribution is -0.136. The van der Waals surface area contributed by atoms with Gasteiger partial charge in [0.15, 0.2) is 0 Å². The number of hydrogen-bond donors (Lipinski definition) is 4. The first-order chi connectivity index (χ1) is 25.2. The molecule has 14 nitrogen and oxygen atoms in total. The third-order valence-electron chi connectivity index (χ3n) is 10.7. The topological polar surface area (TPSA) is 175 Å². The fourth-order valence-corrected chi connectivity index (χ4v) is 7.46. The molecule has 2 unspecified atom stereocenters. The first kappa shape index (κ1) is 33.3. The first-order valence-electron chi connectivity index (χ1n) is 17.7. The molecule has 0 spiro atoms. The monoisotopic (exact) mass is 704 g/mol. The van der Waals surface area contributed by atoms with Crippen LogP contribution in [0.1, 0.15) is 86.2 Å². The number of imidazole rings is 2. The van der Waals surface area contributed by atoms with Gasteiger partial charge >= 0.3 is 12.2 Å². The van der Waals surface area contributed by atoms with Crippen LogP contribution in [0.4, 0.5) is 9.59 Å². The highest BCUT2D eigenvalue weighted by molar-refractivity contribution is 5.94. The van der Waals surface area contributed by atoms with Gasteiger partial charge in [0.25, 0.3) is 0 Å². The molecule has 4 aromatic rings. The molecule has 4 amide bonds. The van der Waals surface area contributed by atoms with E-state index in [0.717, 1.165) is 70.7 Å². The maximum atomic E-state index is 13.5. The summed E-state index contributed by atoms with van der Waals surface area (Å²) >= 11 is 0. The van der Waals surface area contributed by atoms with Crippen molar-refractivity contribution in [1.82, 2.24) is 40.4 Å². The minimum Gasteiger partial charge on any atom is -0.453 e. The van der Waals surface area contributed by atoms with Crippen molar-refractivity contribution in [3.05, 3.63) is 71.4 Å². The van der Waals surface area contributed by atoms with Gasteiger partial charge in [-0.1, -0.05) is 24.0 Å². The van der Waals surface area contributed by atoms with E-state index in [0.29, 0.717) is 38.8 Å². The molecule has 0 bridgehead atoms. The Morgan fingerprint density at radius 2 is 1.33 bits per heavy atom. The number of H-pyrrole nitrogens is 2. The lowest BCUT2D eigenvalue weighted by Crippen LogP contribution is -2.50. The molecule has 14 heteroatoms. The van der Waals surface area contributed by atoms with Gasteiger partial charge in [-0.15, -0.1) is 0 Å². The van der Waals surface area contributed by atoms with Gasteiger partial charge in [-0.3, -0.25) is 9.59 Å². The SMILES string of the molecule is COC(=O)NC1(C(=O)N2CCCC2c2ncc(-c3ccc(C#Cc4ccc5nc(C6CCCN6C(=O)C6(NC(=O)OC)CC6)[nH]c5c4)cc3)[nH]2)CC1. The number of methoxy groups -OCH3 is 2. The Balaban J connectivity index is 0.927. The van der Waals surface area contributed by atoms with Crippen LogP contribution >= 0.6 is 0 Å². The molecule has 4 fully saturated rings. The summed E-state index contributed by atoms with van der Waals surface area (Å²) < 4.78 is 9.48. The van der Waals surface area contributed by atoms with Crippen LogP contribution < -0.4 is 10.6 Å². The number of nitrogens with zero attached hydrogens (tertiary/aromatic N) is 4. The van der Waals surface area contributed by atoms with E-state index in [1.165, 1.54) is 14.2 Å². The zero-order valence-corrected chi connectivity index (χ0v) is 29.1. The number of carbonyl (C=O) groups is 4. The molecule has 2 saturated heterocycles. The van der Waals surface area contributed by atoms with E-state index in [2.05, 4.69) is 37.4 Å². The first-order valence-corrected chi connectivity index (χ1v) is 17.7. The van der Waals surface area contributed by atoms with Crippen molar-refractivity contribution in [2.45, 2.75) is 74.5 Å². The Morgan fingerprint density at radius 1 is 0.769 bits per heavy atom. The van der Waals surface area contributed by atoms with E-state index in [4.69, 9.17) is 14.5 Å². The van der Waals surface area contributed by atoms with Crippen LogP contribution in [0.25, 0.3) is 22.3 Å². The Hall–Kier alpha value is -5.84. The molecule has 2 aromatic carbocycles. The summed E-state index contributed by atoms with van der Waals surface area (Å²) in [6.45, 7) is 1.23. The molecular formula is C38H40N8O6. The molecule has 8 rings (SSSR count). The second-order valence-electron chi connectivity index (χ2n) is 14.1. The minimum absolute atomic E-state index is 0.0847. The smallest absolute Gasteiger partial charge is 0.407 e. The van der Waals surface area contributed by atoms with E-state index in [-0.39, 0.29) is 23.9 Å². The van der Waals surface area contributed by atoms with Crippen LogP contribution in [-0.4, -0.2) is 92.1 Å². The maximum Gasteiger partial charge on any atom is 0.407 e. The summed E-state index contributed by atoms with van der Waals surface area (Å²) in [5.74, 6) is 7.79. The fraction of sp³-hybridized carbons (Fsp3) is 0.421. The van der Waals surface area contributed by atoms with Crippen LogP contribution in [0.3, 0.4) is 0 Å². The van der Waals surface area contributed by atoms with Gasteiger partial charge in [0.1, 0.15) is 22.7 Å². The Bertz CT molecular complexity index is 2120. The van der Waals surface area contributed by atoms with E-state index in [1.807, 2.05) is 52.3 Å². The summed E-state index contributed by atoms with van der Waals surface area (Å²) in [4.78, 5) is 70.6. The highest BCUT2D eigenvalue weighted by Gasteiger charge is 2.56. The summed E-state index contributed by atoms with van der Waals surface area (Å²) in [5, 5.41) is 5.47. The molecule has 4 heterocycles. The lowest BCUT2D eigenvalue weighted by atomic mass is 10.1. The molecule has 2 atom stereocenters. The molecule has 2 aliphatic carbocycles. The third-order valence-corrected chi connectivity index (χ3v) is 10.7. The number of likely N-dealkylation sites (tertiary alicyclic amines) is 2. The van der Waals surface area contributed by atoms with Crippen molar-refractivity contribution in [2.24, 2.45) is 0 Å². The Kier molecular flexibility index (Phi) is 8.36. The number of carbonyl (C=O) groups excluding carboxylic acids is 4. The molecule has 4 N–H and O–H groups in total. The van der Waals surface area contributed by atoms with Gasteiger partial charge < -0.3 is 39.9 Å². The normalized spacial score (nSPS) is 20.9. The second kappa shape index (κ2) is 13.0. The maximum absolute atomic E-state index is 13.5. The van der Waals surface area contributed by atoms with E-state index >= 15 is 0 Å².